The van der Waals surface area contributed by atoms with Gasteiger partial charge in [-0.2, -0.15) is 0 Å². The molecule has 0 spiro atoms. The first-order valence-corrected chi connectivity index (χ1v) is 30.0. The molecule has 4 saturated heterocycles. The molecule has 2 aromatic heterocycles. The van der Waals surface area contributed by atoms with Crippen LogP contribution in [0.5, 0.6) is 0 Å². The normalized spacial score (nSPS) is 18.4. The van der Waals surface area contributed by atoms with Crippen molar-refractivity contribution >= 4 is 75.7 Å². The van der Waals surface area contributed by atoms with Gasteiger partial charge in [-0.3, -0.25) is 24.2 Å². The fourth-order valence-electron chi connectivity index (χ4n) is 10.3. The van der Waals surface area contributed by atoms with Gasteiger partial charge in [-0.05, 0) is 66.6 Å². The third kappa shape index (κ3) is 13.5. The van der Waals surface area contributed by atoms with E-state index in [1.165, 1.54) is 19.6 Å². The van der Waals surface area contributed by atoms with Crippen LogP contribution in [-0.4, -0.2) is 151 Å². The van der Waals surface area contributed by atoms with Crippen LogP contribution in [0.3, 0.4) is 0 Å². The monoisotopic (exact) mass is 1110 g/mol. The van der Waals surface area contributed by atoms with Gasteiger partial charge in [-0.1, -0.05) is 85.2 Å². The van der Waals surface area contributed by atoms with Crippen LogP contribution < -0.4 is 31.6 Å². The molecular weight excluding hydrogens is 1050 g/mol. The lowest BCUT2D eigenvalue weighted by atomic mass is 10.1. The van der Waals surface area contributed by atoms with Gasteiger partial charge in [0.25, 0.3) is 0 Å². The molecule has 2 unspecified atom stereocenters. The highest BCUT2D eigenvalue weighted by molar-refractivity contribution is 8.05. The highest BCUT2D eigenvalue weighted by Crippen LogP contribution is 2.53. The smallest absolute Gasteiger partial charge is 0.250 e. The molecule has 8 heterocycles. The molecule has 404 valence electrons. The van der Waals surface area contributed by atoms with Crippen LogP contribution in [-0.2, 0) is 23.7 Å². The molecular formula is C58H66N8O7S4. The average Bonchev–Trinajstić information content (AvgIpc) is 3.46. The summed E-state index contributed by atoms with van der Waals surface area (Å²) < 4.78 is 21.9. The molecule has 12 rings (SSSR count). The zero-order valence-electron chi connectivity index (χ0n) is 43.6. The molecule has 0 aliphatic carbocycles. The van der Waals surface area contributed by atoms with Crippen molar-refractivity contribution in [1.82, 2.24) is 19.8 Å². The summed E-state index contributed by atoms with van der Waals surface area (Å²) in [6, 6.07) is 32.9. The van der Waals surface area contributed by atoms with Crippen molar-refractivity contribution in [2.75, 3.05) is 145 Å². The Morgan fingerprint density at radius 1 is 0.519 bits per heavy atom. The maximum atomic E-state index is 12.9. The average molecular weight is 1120 g/mol. The number of hydrogen-bond donors (Lipinski definition) is 4. The summed E-state index contributed by atoms with van der Waals surface area (Å²) in [6.07, 6.45) is 0. The quantitative estimate of drug-likeness (QED) is 0.0866. The topological polar surface area (TPSA) is 157 Å². The molecule has 0 radical (unpaired) electrons. The number of nitrogens with zero attached hydrogens (tertiary/aromatic N) is 4. The number of carbonyl (C=O) groups excluding carboxylic acids is 1. The van der Waals surface area contributed by atoms with Gasteiger partial charge in [0.2, 0.25) is 17.0 Å². The molecule has 0 bridgehead atoms. The minimum Gasteiger partial charge on any atom is -0.385 e. The van der Waals surface area contributed by atoms with Crippen molar-refractivity contribution in [3.63, 3.8) is 0 Å². The Balaban J connectivity index is 0.000000164. The van der Waals surface area contributed by atoms with Gasteiger partial charge in [0.05, 0.1) is 64.2 Å². The van der Waals surface area contributed by atoms with E-state index in [0.717, 1.165) is 163 Å². The second kappa shape index (κ2) is 25.3. The van der Waals surface area contributed by atoms with E-state index in [9.17, 15) is 14.4 Å². The lowest BCUT2D eigenvalue weighted by Crippen LogP contribution is -2.41. The van der Waals surface area contributed by atoms with Gasteiger partial charge in [0.1, 0.15) is 0 Å². The number of pyridine rings is 2. The number of fused-ring (bicyclic) bond motifs is 4. The Bertz CT molecular complexity index is 3170. The fourth-order valence-corrected chi connectivity index (χ4v) is 15.1. The molecule has 6 aromatic rings. The number of benzene rings is 4. The molecule has 6 aliphatic rings. The number of ether oxygens (including phenoxy) is 4. The van der Waals surface area contributed by atoms with Crippen molar-refractivity contribution < 1.29 is 23.7 Å². The highest BCUT2D eigenvalue weighted by Gasteiger charge is 2.26. The van der Waals surface area contributed by atoms with E-state index in [2.05, 4.69) is 120 Å². The van der Waals surface area contributed by atoms with E-state index in [1.807, 2.05) is 19.1 Å². The summed E-state index contributed by atoms with van der Waals surface area (Å²) in [4.78, 5) is 62.9. The summed E-state index contributed by atoms with van der Waals surface area (Å²) in [5, 5.41) is 6.77. The third-order valence-electron chi connectivity index (χ3n) is 14.4. The zero-order valence-corrected chi connectivity index (χ0v) is 46.9. The highest BCUT2D eigenvalue weighted by atomic mass is 32.2. The number of anilines is 4. The van der Waals surface area contributed by atoms with E-state index < -0.39 is 0 Å². The van der Waals surface area contributed by atoms with Crippen molar-refractivity contribution in [3.05, 3.63) is 118 Å². The fraction of sp³-hybridized carbons (Fsp3) is 0.397. The summed E-state index contributed by atoms with van der Waals surface area (Å²) in [6.45, 7) is 19.9. The van der Waals surface area contributed by atoms with E-state index in [1.54, 1.807) is 59.2 Å². The largest absolute Gasteiger partial charge is 0.385 e. The van der Waals surface area contributed by atoms with E-state index in [0.29, 0.717) is 32.3 Å². The second-order valence-electron chi connectivity index (χ2n) is 20.1. The van der Waals surface area contributed by atoms with Gasteiger partial charge in [0, 0.05) is 163 Å². The van der Waals surface area contributed by atoms with E-state index in [-0.39, 0.29) is 22.9 Å². The number of rotatable bonds is 13. The van der Waals surface area contributed by atoms with Gasteiger partial charge < -0.3 is 49.3 Å². The van der Waals surface area contributed by atoms with Crippen LogP contribution in [0.15, 0.2) is 146 Å². The van der Waals surface area contributed by atoms with Crippen LogP contribution in [0.25, 0.3) is 22.5 Å². The third-order valence-corrected chi connectivity index (χ3v) is 19.6. The number of nitrogens with one attached hydrogen (secondary N) is 4. The summed E-state index contributed by atoms with van der Waals surface area (Å²) in [5.41, 5.74) is 7.42. The molecule has 4 N–H and O–H groups in total. The SMILES string of the molecule is CC(CN1CCOCC1)C(=O)Nc1ccc2c(c1)Sc1cccc(-c3cc(N4CCOCC4)cc(=O)[nH]3)c1S2.CC(CNc1ccc2c(c1)Sc1cccc(-c3cc(N4CCOCC4)cc(=O)[nH]3)c1S2)CN1CCOCC1. The molecule has 6 aliphatic heterocycles. The lowest BCUT2D eigenvalue weighted by molar-refractivity contribution is -0.120. The van der Waals surface area contributed by atoms with Gasteiger partial charge in [0.15, 0.2) is 0 Å². The zero-order chi connectivity index (χ0) is 52.7. The standard InChI is InChI=1S/C29H32N4O4S2.C29H34N4O3S2/c1-19(18-32-7-11-36-12-8-32)29(35)30-20-5-6-24-26(15-20)38-25-4-2-3-22(28(25)39-24)23-16-21(17-27(34)31-23)33-9-13-37-14-10-33;1-20(19-32-7-11-35-12-8-32)18-30-21-5-6-25-27(15-21)37-26-4-2-3-23(29(26)38-25)24-16-22(17-28(34)31-24)33-9-13-36-14-10-33/h2-6,15-17,19H,7-14,18H2,1H3,(H,30,35)(H,31,34);2-6,15-17,20,30H,7-14,18-19H2,1H3,(H,31,34). The first-order chi connectivity index (χ1) is 37.6. The summed E-state index contributed by atoms with van der Waals surface area (Å²) >= 11 is 6.98. The van der Waals surface area contributed by atoms with Crippen LogP contribution >= 0.6 is 47.0 Å². The number of amides is 1. The van der Waals surface area contributed by atoms with E-state index in [4.69, 9.17) is 18.9 Å². The van der Waals surface area contributed by atoms with Gasteiger partial charge in [-0.15, -0.1) is 0 Å². The Hall–Kier alpha value is -5.19. The molecule has 4 fully saturated rings. The summed E-state index contributed by atoms with van der Waals surface area (Å²) in [7, 11) is 0. The lowest BCUT2D eigenvalue weighted by Gasteiger charge is -2.29. The number of morpholine rings is 4. The van der Waals surface area contributed by atoms with Gasteiger partial charge >= 0.3 is 0 Å². The van der Waals surface area contributed by atoms with Crippen LogP contribution in [0.1, 0.15) is 13.8 Å². The first-order valence-electron chi connectivity index (χ1n) is 26.7. The van der Waals surface area contributed by atoms with Crippen LogP contribution in [0.2, 0.25) is 0 Å². The van der Waals surface area contributed by atoms with Crippen molar-refractivity contribution in [1.29, 1.82) is 0 Å². The molecule has 19 heteroatoms. The molecule has 4 aromatic carbocycles. The maximum absolute atomic E-state index is 12.9. The predicted octanol–water partition coefficient (Wildman–Crippen LogP) is 9.28. The Labute approximate surface area is 466 Å². The minimum absolute atomic E-state index is 0.0293. The molecule has 1 amide bonds. The van der Waals surface area contributed by atoms with Crippen LogP contribution in [0.4, 0.5) is 22.7 Å². The maximum Gasteiger partial charge on any atom is 0.250 e. The number of H-pyrrole nitrogens is 2. The number of hydrogen-bond acceptors (Lipinski definition) is 16. The number of carbonyl (C=O) groups is 1. The molecule has 2 atom stereocenters. The van der Waals surface area contributed by atoms with Gasteiger partial charge in [-0.25, -0.2) is 0 Å². The van der Waals surface area contributed by atoms with Crippen molar-refractivity contribution in [3.8, 4) is 22.5 Å². The summed E-state index contributed by atoms with van der Waals surface area (Å²) in [5.74, 6) is 0.478. The number of aromatic nitrogens is 2. The Morgan fingerprint density at radius 2 is 0.974 bits per heavy atom. The molecule has 77 heavy (non-hydrogen) atoms. The molecule has 0 saturated carbocycles. The molecule has 15 nitrogen and oxygen atoms in total. The predicted molar refractivity (Wildman–Crippen MR) is 310 cm³/mol. The second-order valence-corrected chi connectivity index (χ2v) is 24.4. The van der Waals surface area contributed by atoms with Crippen molar-refractivity contribution in [2.45, 2.75) is 53.0 Å². The first kappa shape index (κ1) is 53.8. The Morgan fingerprint density at radius 3 is 1.48 bits per heavy atom. The van der Waals surface area contributed by atoms with Crippen LogP contribution in [0, 0.1) is 11.8 Å². The Kier molecular flexibility index (Phi) is 17.7. The number of aromatic amines is 2. The van der Waals surface area contributed by atoms with E-state index >= 15 is 0 Å². The van der Waals surface area contributed by atoms with Crippen molar-refractivity contribution in [2.24, 2.45) is 11.8 Å². The minimum atomic E-state index is -0.111.